The van der Waals surface area contributed by atoms with Crippen LogP contribution in [0.5, 0.6) is 11.6 Å². The van der Waals surface area contributed by atoms with Gasteiger partial charge < -0.3 is 4.74 Å². The van der Waals surface area contributed by atoms with Crippen LogP contribution in [0.1, 0.15) is 0 Å². The maximum Gasteiger partial charge on any atom is 0.288 e. The van der Waals surface area contributed by atoms with Gasteiger partial charge in [-0.3, -0.25) is 10.1 Å². The van der Waals surface area contributed by atoms with Gasteiger partial charge in [0.2, 0.25) is 5.88 Å². The van der Waals surface area contributed by atoms with Crippen molar-refractivity contribution in [3.05, 3.63) is 50.3 Å². The van der Waals surface area contributed by atoms with Crippen LogP contribution < -0.4 is 4.74 Å². The van der Waals surface area contributed by atoms with E-state index in [0.717, 1.165) is 6.20 Å². The van der Waals surface area contributed by atoms with E-state index in [2.05, 4.69) is 25.9 Å². The van der Waals surface area contributed by atoms with Crippen molar-refractivity contribution in [1.29, 1.82) is 0 Å². The first-order valence-corrected chi connectivity index (χ1v) is 5.82. The first-order chi connectivity index (χ1) is 8.56. The van der Waals surface area contributed by atoms with Gasteiger partial charge in [-0.15, -0.1) is 0 Å². The average molecular weight is 331 g/mol. The van der Waals surface area contributed by atoms with E-state index in [9.17, 15) is 10.1 Å². The number of aromatic nitrogens is 2. The van der Waals surface area contributed by atoms with Crippen LogP contribution in [0.4, 0.5) is 5.69 Å². The van der Waals surface area contributed by atoms with Crippen molar-refractivity contribution in [2.24, 2.45) is 0 Å². The highest BCUT2D eigenvalue weighted by molar-refractivity contribution is 9.10. The Hall–Kier alpha value is -1.73. The Labute approximate surface area is 115 Å². The van der Waals surface area contributed by atoms with Crippen LogP contribution in [-0.4, -0.2) is 14.9 Å². The highest BCUT2D eigenvalue weighted by atomic mass is 79.9. The zero-order chi connectivity index (χ0) is 13.1. The van der Waals surface area contributed by atoms with E-state index in [-0.39, 0.29) is 11.6 Å². The molecule has 0 unspecified atom stereocenters. The Morgan fingerprint density at radius 3 is 2.67 bits per heavy atom. The molecule has 0 spiro atoms. The van der Waals surface area contributed by atoms with Gasteiger partial charge in [0.25, 0.3) is 5.69 Å². The molecule has 92 valence electrons. The Morgan fingerprint density at radius 1 is 1.33 bits per heavy atom. The summed E-state index contributed by atoms with van der Waals surface area (Å²) in [6.45, 7) is 0. The van der Waals surface area contributed by atoms with Gasteiger partial charge >= 0.3 is 0 Å². The normalized spacial score (nSPS) is 10.1. The fourth-order valence-electron chi connectivity index (χ4n) is 1.12. The quantitative estimate of drug-likeness (QED) is 0.488. The third kappa shape index (κ3) is 2.93. The molecule has 18 heavy (non-hydrogen) atoms. The standard InChI is InChI=1S/C10H5BrClN3O3/c11-8-3-6(15(16)17)4-14-10(8)18-7-1-2-9(12)13-5-7/h1-5H. The van der Waals surface area contributed by atoms with Crippen LogP contribution in [0, 0.1) is 10.1 Å². The van der Waals surface area contributed by atoms with Crippen LogP contribution in [0.2, 0.25) is 5.15 Å². The lowest BCUT2D eigenvalue weighted by atomic mass is 10.4. The van der Waals surface area contributed by atoms with Crippen LogP contribution in [-0.2, 0) is 0 Å². The first kappa shape index (κ1) is 12.7. The minimum Gasteiger partial charge on any atom is -0.436 e. The van der Waals surface area contributed by atoms with E-state index >= 15 is 0 Å². The Bertz CT molecular complexity index is 591. The van der Waals surface area contributed by atoms with Crippen molar-refractivity contribution in [2.45, 2.75) is 0 Å². The van der Waals surface area contributed by atoms with Crippen molar-refractivity contribution in [3.8, 4) is 11.6 Å². The van der Waals surface area contributed by atoms with Gasteiger partial charge in [0, 0.05) is 6.07 Å². The third-order valence-electron chi connectivity index (χ3n) is 1.92. The van der Waals surface area contributed by atoms with Crippen molar-refractivity contribution in [2.75, 3.05) is 0 Å². The van der Waals surface area contributed by atoms with Gasteiger partial charge in [-0.2, -0.15) is 0 Å². The molecular formula is C10H5BrClN3O3. The summed E-state index contributed by atoms with van der Waals surface area (Å²) in [7, 11) is 0. The van der Waals surface area contributed by atoms with E-state index in [0.29, 0.717) is 15.4 Å². The van der Waals surface area contributed by atoms with Crippen molar-refractivity contribution in [3.63, 3.8) is 0 Å². The molecule has 0 fully saturated rings. The molecule has 6 nitrogen and oxygen atoms in total. The zero-order valence-corrected chi connectivity index (χ0v) is 11.1. The fraction of sp³-hybridized carbons (Fsp3) is 0. The summed E-state index contributed by atoms with van der Waals surface area (Å²) in [6, 6.07) is 4.49. The number of hydrogen-bond donors (Lipinski definition) is 0. The first-order valence-electron chi connectivity index (χ1n) is 4.65. The molecule has 2 rings (SSSR count). The minimum atomic E-state index is -0.536. The molecule has 2 aromatic rings. The molecule has 0 saturated heterocycles. The van der Waals surface area contributed by atoms with Crippen LogP contribution in [0.25, 0.3) is 0 Å². The molecule has 0 bridgehead atoms. The van der Waals surface area contributed by atoms with Gasteiger partial charge in [-0.05, 0) is 28.1 Å². The van der Waals surface area contributed by atoms with Crippen molar-refractivity contribution < 1.29 is 9.66 Å². The number of halogens is 2. The van der Waals surface area contributed by atoms with E-state index in [1.807, 2.05) is 0 Å². The molecule has 0 radical (unpaired) electrons. The summed E-state index contributed by atoms with van der Waals surface area (Å²) < 4.78 is 5.78. The summed E-state index contributed by atoms with van der Waals surface area (Å²) in [6.07, 6.45) is 2.54. The molecule has 8 heteroatoms. The van der Waals surface area contributed by atoms with Gasteiger partial charge in [0.05, 0.1) is 15.6 Å². The molecule has 2 aromatic heterocycles. The molecule has 0 aromatic carbocycles. The van der Waals surface area contributed by atoms with Gasteiger partial charge in [0.1, 0.15) is 17.1 Å². The van der Waals surface area contributed by atoms with Crippen LogP contribution >= 0.6 is 27.5 Å². The molecule has 0 aliphatic carbocycles. The number of hydrogen-bond acceptors (Lipinski definition) is 5. The molecule has 0 amide bonds. The van der Waals surface area contributed by atoms with Gasteiger partial charge in [-0.25, -0.2) is 9.97 Å². The Kier molecular flexibility index (Phi) is 3.73. The Balaban J connectivity index is 2.24. The second-order valence-electron chi connectivity index (χ2n) is 3.16. The minimum absolute atomic E-state index is 0.122. The number of nitrogens with zero attached hydrogens (tertiary/aromatic N) is 3. The monoisotopic (exact) mass is 329 g/mol. The largest absolute Gasteiger partial charge is 0.436 e. The van der Waals surface area contributed by atoms with Crippen LogP contribution in [0.3, 0.4) is 0 Å². The van der Waals surface area contributed by atoms with Crippen LogP contribution in [0.15, 0.2) is 35.1 Å². The molecule has 0 aliphatic heterocycles. The summed E-state index contributed by atoms with van der Waals surface area (Å²) in [4.78, 5) is 17.7. The van der Waals surface area contributed by atoms with E-state index in [1.165, 1.54) is 12.3 Å². The summed E-state index contributed by atoms with van der Waals surface area (Å²) in [5, 5.41) is 10.9. The fourth-order valence-corrected chi connectivity index (χ4v) is 1.65. The summed E-state index contributed by atoms with van der Waals surface area (Å²) in [5.74, 6) is 0.645. The second kappa shape index (κ2) is 5.28. The van der Waals surface area contributed by atoms with E-state index in [1.54, 1.807) is 12.1 Å². The highest BCUT2D eigenvalue weighted by Crippen LogP contribution is 2.30. The summed E-state index contributed by atoms with van der Waals surface area (Å²) >= 11 is 8.78. The zero-order valence-electron chi connectivity index (χ0n) is 8.71. The van der Waals surface area contributed by atoms with Crippen molar-refractivity contribution >= 4 is 33.2 Å². The molecule has 0 saturated carbocycles. The number of rotatable bonds is 3. The number of ether oxygens (including phenoxy) is 1. The van der Waals surface area contributed by atoms with Gasteiger partial charge in [-0.1, -0.05) is 11.6 Å². The maximum absolute atomic E-state index is 10.5. The average Bonchev–Trinajstić information content (AvgIpc) is 2.34. The smallest absolute Gasteiger partial charge is 0.288 e. The van der Waals surface area contributed by atoms with E-state index < -0.39 is 4.92 Å². The highest BCUT2D eigenvalue weighted by Gasteiger charge is 2.12. The lowest BCUT2D eigenvalue weighted by Crippen LogP contribution is -1.93. The SMILES string of the molecule is O=[N+]([O-])c1cnc(Oc2ccc(Cl)nc2)c(Br)c1. The number of nitro groups is 1. The predicted octanol–water partition coefficient (Wildman–Crippen LogP) is 3.59. The molecule has 0 N–H and O–H groups in total. The molecular weight excluding hydrogens is 325 g/mol. The lowest BCUT2D eigenvalue weighted by Gasteiger charge is -2.05. The summed E-state index contributed by atoms with van der Waals surface area (Å²) in [5.41, 5.74) is -0.122. The number of pyridine rings is 2. The Morgan fingerprint density at radius 2 is 2.11 bits per heavy atom. The topological polar surface area (TPSA) is 78.2 Å². The third-order valence-corrected chi connectivity index (χ3v) is 2.71. The van der Waals surface area contributed by atoms with Crippen molar-refractivity contribution in [1.82, 2.24) is 9.97 Å². The molecule has 0 atom stereocenters. The predicted molar refractivity (Wildman–Crippen MR) is 67.9 cm³/mol. The lowest BCUT2D eigenvalue weighted by molar-refractivity contribution is -0.385. The maximum atomic E-state index is 10.5. The van der Waals surface area contributed by atoms with Gasteiger partial charge in [0.15, 0.2) is 0 Å². The van der Waals surface area contributed by atoms with E-state index in [4.69, 9.17) is 16.3 Å². The molecule has 2 heterocycles. The molecule has 0 aliphatic rings. The second-order valence-corrected chi connectivity index (χ2v) is 4.40.